The maximum atomic E-state index is 10.9. The number of carboxylic acids is 1. The second-order valence-corrected chi connectivity index (χ2v) is 5.13. The summed E-state index contributed by atoms with van der Waals surface area (Å²) in [6.07, 6.45) is 0.530. The van der Waals surface area contributed by atoms with Crippen molar-refractivity contribution in [3.05, 3.63) is 22.2 Å². The first-order valence-electron chi connectivity index (χ1n) is 5.55. The van der Waals surface area contributed by atoms with Gasteiger partial charge in [0.05, 0.1) is 13.0 Å². The van der Waals surface area contributed by atoms with Crippen molar-refractivity contribution in [2.75, 3.05) is 13.7 Å². The molecule has 0 aromatic heterocycles. The highest BCUT2D eigenvalue weighted by molar-refractivity contribution is 9.10. The zero-order valence-electron chi connectivity index (χ0n) is 9.81. The molecule has 0 spiro atoms. The molecule has 6 heteroatoms. The molecule has 0 amide bonds. The molecule has 1 heterocycles. The fourth-order valence-electron chi connectivity index (χ4n) is 2.15. The molecule has 3 N–H and O–H groups in total. The Kier molecular flexibility index (Phi) is 3.77. The van der Waals surface area contributed by atoms with Crippen molar-refractivity contribution in [3.63, 3.8) is 0 Å². The highest BCUT2D eigenvalue weighted by atomic mass is 79.9. The van der Waals surface area contributed by atoms with E-state index in [1.165, 1.54) is 7.11 Å². The van der Waals surface area contributed by atoms with Crippen LogP contribution in [0.5, 0.6) is 11.5 Å². The number of aromatic hydroxyl groups is 1. The van der Waals surface area contributed by atoms with Crippen LogP contribution in [0.25, 0.3) is 0 Å². The zero-order valence-corrected chi connectivity index (χ0v) is 11.4. The zero-order chi connectivity index (χ0) is 13.3. The lowest BCUT2D eigenvalue weighted by Crippen LogP contribution is -2.17. The fourth-order valence-corrected chi connectivity index (χ4v) is 2.76. The van der Waals surface area contributed by atoms with Gasteiger partial charge in [-0.15, -0.1) is 0 Å². The van der Waals surface area contributed by atoms with Gasteiger partial charge in [0.1, 0.15) is 0 Å². The van der Waals surface area contributed by atoms with E-state index in [1.807, 2.05) is 0 Å². The number of aliphatic carboxylic acids is 1. The van der Waals surface area contributed by atoms with Crippen LogP contribution >= 0.6 is 15.9 Å². The second-order valence-electron chi connectivity index (χ2n) is 4.28. The lowest BCUT2D eigenvalue weighted by Gasteiger charge is -2.15. The second kappa shape index (κ2) is 5.16. The average molecular weight is 316 g/mol. The van der Waals surface area contributed by atoms with E-state index < -0.39 is 5.97 Å². The number of phenols is 1. The fraction of sp³-hybridized carbons (Fsp3) is 0.417. The number of halogens is 1. The summed E-state index contributed by atoms with van der Waals surface area (Å²) in [5, 5.41) is 21.8. The molecule has 0 aliphatic carbocycles. The standard InChI is InChI=1S/C12H14BrNO4/c1-18-11-3-7(8(13)4-10(11)15)9-2-6(5-14-9)12(16)17/h3-4,6,9,14-15H,2,5H2,1H3,(H,16,17). The Morgan fingerprint density at radius 3 is 2.83 bits per heavy atom. The van der Waals surface area contributed by atoms with E-state index in [0.29, 0.717) is 18.7 Å². The molecule has 1 fully saturated rings. The molecule has 2 unspecified atom stereocenters. The van der Waals surface area contributed by atoms with Gasteiger partial charge in [0.2, 0.25) is 0 Å². The predicted molar refractivity (Wildman–Crippen MR) is 68.8 cm³/mol. The van der Waals surface area contributed by atoms with Crippen LogP contribution in [-0.2, 0) is 4.79 Å². The van der Waals surface area contributed by atoms with E-state index in [9.17, 15) is 9.90 Å². The van der Waals surface area contributed by atoms with Crippen molar-refractivity contribution >= 4 is 21.9 Å². The molecule has 0 saturated carbocycles. The smallest absolute Gasteiger partial charge is 0.307 e. The van der Waals surface area contributed by atoms with Gasteiger partial charge >= 0.3 is 5.97 Å². The Balaban J connectivity index is 2.26. The van der Waals surface area contributed by atoms with Crippen LogP contribution in [0.15, 0.2) is 16.6 Å². The highest BCUT2D eigenvalue weighted by Gasteiger charge is 2.31. The summed E-state index contributed by atoms with van der Waals surface area (Å²) in [4.78, 5) is 10.9. The highest BCUT2D eigenvalue weighted by Crippen LogP contribution is 2.38. The first-order valence-corrected chi connectivity index (χ1v) is 6.34. The number of hydrogen-bond donors (Lipinski definition) is 3. The topological polar surface area (TPSA) is 78.8 Å². The lowest BCUT2D eigenvalue weighted by molar-refractivity contribution is -0.141. The number of methoxy groups -OCH3 is 1. The van der Waals surface area contributed by atoms with Gasteiger partial charge in [-0.25, -0.2) is 0 Å². The van der Waals surface area contributed by atoms with Crippen LogP contribution in [0.4, 0.5) is 0 Å². The molecule has 1 aromatic carbocycles. The van der Waals surface area contributed by atoms with Crippen molar-refractivity contribution in [2.24, 2.45) is 5.92 Å². The molecule has 1 aliphatic heterocycles. The summed E-state index contributed by atoms with van der Waals surface area (Å²) < 4.78 is 5.80. The number of ether oxygens (including phenoxy) is 1. The molecular formula is C12H14BrNO4. The largest absolute Gasteiger partial charge is 0.504 e. The van der Waals surface area contributed by atoms with Gasteiger partial charge in [0.25, 0.3) is 0 Å². The number of rotatable bonds is 3. The normalized spacial score (nSPS) is 23.0. The number of carboxylic acid groups (broad SMARTS) is 1. The van der Waals surface area contributed by atoms with Crippen molar-refractivity contribution in [3.8, 4) is 11.5 Å². The van der Waals surface area contributed by atoms with Crippen LogP contribution in [-0.4, -0.2) is 29.8 Å². The molecule has 18 heavy (non-hydrogen) atoms. The summed E-state index contributed by atoms with van der Waals surface area (Å²) >= 11 is 3.37. The molecule has 0 radical (unpaired) electrons. The van der Waals surface area contributed by atoms with E-state index >= 15 is 0 Å². The summed E-state index contributed by atoms with van der Waals surface area (Å²) in [5.41, 5.74) is 0.897. The third kappa shape index (κ3) is 2.44. The number of benzene rings is 1. The average Bonchev–Trinajstić information content (AvgIpc) is 2.78. The third-order valence-corrected chi connectivity index (χ3v) is 3.84. The van der Waals surface area contributed by atoms with Gasteiger partial charge in [-0.05, 0) is 24.1 Å². The van der Waals surface area contributed by atoms with E-state index in [0.717, 1.165) is 10.0 Å². The monoisotopic (exact) mass is 315 g/mol. The molecule has 1 saturated heterocycles. The van der Waals surface area contributed by atoms with Gasteiger partial charge in [0.15, 0.2) is 11.5 Å². The van der Waals surface area contributed by atoms with Gasteiger partial charge in [-0.3, -0.25) is 4.79 Å². The van der Waals surface area contributed by atoms with Crippen molar-refractivity contribution < 1.29 is 19.7 Å². The molecule has 2 atom stereocenters. The number of nitrogens with one attached hydrogen (secondary N) is 1. The summed E-state index contributed by atoms with van der Waals surface area (Å²) in [6, 6.07) is 3.24. The Hall–Kier alpha value is -1.27. The van der Waals surface area contributed by atoms with Gasteiger partial charge in [0, 0.05) is 17.1 Å². The van der Waals surface area contributed by atoms with Crippen molar-refractivity contribution in [1.29, 1.82) is 0 Å². The Morgan fingerprint density at radius 2 is 2.28 bits per heavy atom. The van der Waals surface area contributed by atoms with Gasteiger partial charge in [-0.1, -0.05) is 15.9 Å². The van der Waals surface area contributed by atoms with Crippen LogP contribution in [0, 0.1) is 5.92 Å². The van der Waals surface area contributed by atoms with Crippen LogP contribution in [0.1, 0.15) is 18.0 Å². The summed E-state index contributed by atoms with van der Waals surface area (Å²) in [7, 11) is 1.48. The van der Waals surface area contributed by atoms with Gasteiger partial charge in [-0.2, -0.15) is 0 Å². The molecule has 5 nitrogen and oxygen atoms in total. The maximum absolute atomic E-state index is 10.9. The Labute approximate surface area is 113 Å². The number of carbonyl (C=O) groups is 1. The van der Waals surface area contributed by atoms with E-state index in [1.54, 1.807) is 12.1 Å². The van der Waals surface area contributed by atoms with Crippen LogP contribution in [0.3, 0.4) is 0 Å². The minimum Gasteiger partial charge on any atom is -0.504 e. The predicted octanol–water partition coefficient (Wildman–Crippen LogP) is 1.90. The van der Waals surface area contributed by atoms with E-state index in [2.05, 4.69) is 21.2 Å². The lowest BCUT2D eigenvalue weighted by atomic mass is 10.00. The molecule has 0 bridgehead atoms. The van der Waals surface area contributed by atoms with Crippen molar-refractivity contribution in [2.45, 2.75) is 12.5 Å². The van der Waals surface area contributed by atoms with Crippen molar-refractivity contribution in [1.82, 2.24) is 5.32 Å². The molecule has 2 rings (SSSR count). The SMILES string of the molecule is COc1cc(C2CC(C(=O)O)CN2)c(Br)cc1O. The maximum Gasteiger partial charge on any atom is 0.307 e. The minimum absolute atomic E-state index is 0.0463. The van der Waals surface area contributed by atoms with Gasteiger partial charge < -0.3 is 20.3 Å². The molecular weight excluding hydrogens is 302 g/mol. The third-order valence-electron chi connectivity index (χ3n) is 3.15. The Morgan fingerprint density at radius 1 is 1.56 bits per heavy atom. The van der Waals surface area contributed by atoms with E-state index in [-0.39, 0.29) is 17.7 Å². The van der Waals surface area contributed by atoms with Crippen LogP contribution < -0.4 is 10.1 Å². The first-order chi connectivity index (χ1) is 8.52. The quantitative estimate of drug-likeness (QED) is 0.794. The number of hydrogen-bond acceptors (Lipinski definition) is 4. The Bertz CT molecular complexity index is 477. The summed E-state index contributed by atoms with van der Waals surface area (Å²) in [5.74, 6) is -0.719. The number of phenolic OH excluding ortho intramolecular Hbond substituents is 1. The molecule has 98 valence electrons. The van der Waals surface area contributed by atoms with Crippen LogP contribution in [0.2, 0.25) is 0 Å². The summed E-state index contributed by atoms with van der Waals surface area (Å²) in [6.45, 7) is 0.454. The minimum atomic E-state index is -0.785. The molecule has 1 aromatic rings. The first kappa shape index (κ1) is 13.2. The van der Waals surface area contributed by atoms with E-state index in [4.69, 9.17) is 9.84 Å². The molecule has 1 aliphatic rings.